The lowest BCUT2D eigenvalue weighted by atomic mass is 10.2. The minimum absolute atomic E-state index is 0.388. The Hall–Kier alpha value is -1.93. The van der Waals surface area contributed by atoms with Crippen molar-refractivity contribution in [3.8, 4) is 6.19 Å². The summed E-state index contributed by atoms with van der Waals surface area (Å²) >= 11 is 0. The van der Waals surface area contributed by atoms with E-state index in [0.29, 0.717) is 17.1 Å². The highest BCUT2D eigenvalue weighted by atomic mass is 15.4. The highest BCUT2D eigenvalue weighted by molar-refractivity contribution is 5.72. The predicted molar refractivity (Wildman–Crippen MR) is 47.5 cm³/mol. The summed E-state index contributed by atoms with van der Waals surface area (Å²) in [6.07, 6.45) is 1.73. The molecule has 0 amide bonds. The molecule has 6 N–H and O–H groups in total. The maximum atomic E-state index is 8.45. The van der Waals surface area contributed by atoms with E-state index in [4.69, 9.17) is 22.6 Å². The second-order valence-corrected chi connectivity index (χ2v) is 2.29. The van der Waals surface area contributed by atoms with Gasteiger partial charge in [0.05, 0.1) is 11.4 Å². The van der Waals surface area contributed by atoms with Gasteiger partial charge < -0.3 is 11.5 Å². The van der Waals surface area contributed by atoms with E-state index >= 15 is 0 Å². The molecule has 0 aliphatic carbocycles. The number of hydrogen-bond donors (Lipinski definition) is 3. The molecule has 1 rings (SSSR count). The Labute approximate surface area is 69.9 Å². The maximum Gasteiger partial charge on any atom is 0.200 e. The van der Waals surface area contributed by atoms with E-state index in [2.05, 4.69) is 0 Å². The average molecular weight is 163 g/mol. The molecule has 0 aliphatic heterocycles. The molecule has 0 aliphatic rings. The summed E-state index contributed by atoms with van der Waals surface area (Å²) in [5.74, 6) is 5.30. The lowest BCUT2D eigenvalue weighted by Crippen LogP contribution is -2.25. The van der Waals surface area contributed by atoms with Crippen molar-refractivity contribution < 1.29 is 0 Å². The molecule has 0 aromatic heterocycles. The number of nitrogens with zero attached hydrogens (tertiary/aromatic N) is 2. The first-order valence-electron chi connectivity index (χ1n) is 3.24. The van der Waals surface area contributed by atoms with Crippen LogP contribution in [0.15, 0.2) is 18.2 Å². The molecule has 0 unspecified atom stereocenters. The van der Waals surface area contributed by atoms with Crippen molar-refractivity contribution >= 4 is 17.1 Å². The number of rotatable bonds is 1. The summed E-state index contributed by atoms with van der Waals surface area (Å²) in [5.41, 5.74) is 12.4. The second-order valence-electron chi connectivity index (χ2n) is 2.29. The zero-order valence-electron chi connectivity index (χ0n) is 6.36. The lowest BCUT2D eigenvalue weighted by Gasteiger charge is -2.10. The minimum Gasteiger partial charge on any atom is -0.399 e. The Balaban J connectivity index is 3.11. The number of nitrogens with two attached hydrogens (primary N) is 3. The van der Waals surface area contributed by atoms with Crippen molar-refractivity contribution in [3.05, 3.63) is 18.2 Å². The predicted octanol–water partition coefficient (Wildman–Crippen LogP) is 0.0122. The van der Waals surface area contributed by atoms with Gasteiger partial charge in [0.2, 0.25) is 0 Å². The molecular formula is C7H9N5. The topological polar surface area (TPSA) is 105 Å². The molecule has 0 saturated carbocycles. The molecule has 5 heteroatoms. The highest BCUT2D eigenvalue weighted by Crippen LogP contribution is 2.22. The van der Waals surface area contributed by atoms with Crippen LogP contribution in [0.4, 0.5) is 17.1 Å². The van der Waals surface area contributed by atoms with Crippen LogP contribution in [0.1, 0.15) is 0 Å². The fourth-order valence-corrected chi connectivity index (χ4v) is 0.846. The van der Waals surface area contributed by atoms with Gasteiger partial charge in [0, 0.05) is 5.69 Å². The third-order valence-corrected chi connectivity index (χ3v) is 1.42. The molecule has 0 bridgehead atoms. The monoisotopic (exact) mass is 163 g/mol. The van der Waals surface area contributed by atoms with Crippen molar-refractivity contribution in [2.45, 2.75) is 0 Å². The third-order valence-electron chi connectivity index (χ3n) is 1.42. The second kappa shape index (κ2) is 2.98. The first kappa shape index (κ1) is 8.17. The van der Waals surface area contributed by atoms with Crippen molar-refractivity contribution in [1.82, 2.24) is 0 Å². The van der Waals surface area contributed by atoms with Gasteiger partial charge >= 0.3 is 0 Å². The van der Waals surface area contributed by atoms with E-state index in [0.717, 1.165) is 5.01 Å². The van der Waals surface area contributed by atoms with Gasteiger partial charge in [0.1, 0.15) is 0 Å². The zero-order valence-corrected chi connectivity index (χ0v) is 6.36. The van der Waals surface area contributed by atoms with Gasteiger partial charge in [-0.3, -0.25) is 0 Å². The number of hydrogen-bond acceptors (Lipinski definition) is 5. The molecule has 0 fully saturated rings. The van der Waals surface area contributed by atoms with E-state index in [1.54, 1.807) is 24.4 Å². The SMILES string of the molecule is N#CN(N)c1ccc(N)cc1N. The van der Waals surface area contributed by atoms with Crippen molar-refractivity contribution in [2.24, 2.45) is 5.84 Å². The Bertz CT molecular complexity index is 327. The number of nitriles is 1. The fraction of sp³-hybridized carbons (Fsp3) is 0. The molecular weight excluding hydrogens is 154 g/mol. The van der Waals surface area contributed by atoms with Crippen molar-refractivity contribution in [2.75, 3.05) is 16.5 Å². The molecule has 1 aromatic carbocycles. The Morgan fingerprint density at radius 2 is 2.00 bits per heavy atom. The molecule has 0 radical (unpaired) electrons. The van der Waals surface area contributed by atoms with E-state index in [9.17, 15) is 0 Å². The van der Waals surface area contributed by atoms with Crippen LogP contribution in [-0.4, -0.2) is 0 Å². The summed E-state index contributed by atoms with van der Waals surface area (Å²) in [6, 6.07) is 4.77. The molecule has 0 spiro atoms. The van der Waals surface area contributed by atoms with Crippen LogP contribution in [0.2, 0.25) is 0 Å². The minimum atomic E-state index is 0.388. The van der Waals surface area contributed by atoms with Gasteiger partial charge in [-0.25, -0.2) is 10.9 Å². The highest BCUT2D eigenvalue weighted by Gasteiger charge is 2.03. The van der Waals surface area contributed by atoms with Crippen LogP contribution < -0.4 is 22.3 Å². The Morgan fingerprint density at radius 1 is 1.33 bits per heavy atom. The Kier molecular flexibility index (Phi) is 2.03. The summed E-state index contributed by atoms with van der Waals surface area (Å²) in [4.78, 5) is 0. The molecule has 12 heavy (non-hydrogen) atoms. The summed E-state index contributed by atoms with van der Waals surface area (Å²) in [5, 5.41) is 9.33. The lowest BCUT2D eigenvalue weighted by molar-refractivity contribution is 1.09. The molecule has 0 saturated heterocycles. The van der Waals surface area contributed by atoms with E-state index in [1.165, 1.54) is 0 Å². The Morgan fingerprint density at radius 3 is 2.50 bits per heavy atom. The normalized spacial score (nSPS) is 9.00. The van der Waals surface area contributed by atoms with Crippen LogP contribution >= 0.6 is 0 Å². The number of anilines is 3. The van der Waals surface area contributed by atoms with Crippen molar-refractivity contribution in [1.29, 1.82) is 5.26 Å². The molecule has 62 valence electrons. The largest absolute Gasteiger partial charge is 0.399 e. The fourth-order valence-electron chi connectivity index (χ4n) is 0.846. The maximum absolute atomic E-state index is 8.45. The van der Waals surface area contributed by atoms with Gasteiger partial charge in [-0.05, 0) is 18.2 Å². The van der Waals surface area contributed by atoms with Gasteiger partial charge in [0.25, 0.3) is 0 Å². The van der Waals surface area contributed by atoms with Crippen LogP contribution in [0.5, 0.6) is 0 Å². The zero-order chi connectivity index (χ0) is 9.14. The third kappa shape index (κ3) is 1.38. The van der Waals surface area contributed by atoms with Gasteiger partial charge in [-0.2, -0.15) is 5.26 Å². The summed E-state index contributed by atoms with van der Waals surface area (Å²) in [7, 11) is 0. The molecule has 1 aromatic rings. The first-order chi connectivity index (χ1) is 5.65. The van der Waals surface area contributed by atoms with E-state index in [1.807, 2.05) is 0 Å². The standard InChI is InChI=1S/C7H9N5/c8-4-12(11)7-2-1-5(9)3-6(7)10/h1-3H,9-11H2. The number of nitrogen functional groups attached to an aromatic ring is 2. The van der Waals surface area contributed by atoms with Crippen molar-refractivity contribution in [3.63, 3.8) is 0 Å². The quantitative estimate of drug-likeness (QED) is 0.178. The summed E-state index contributed by atoms with van der Waals surface area (Å²) < 4.78 is 0. The average Bonchev–Trinajstić information content (AvgIpc) is 2.03. The molecule has 0 atom stereocenters. The van der Waals surface area contributed by atoms with Crippen LogP contribution in [-0.2, 0) is 0 Å². The van der Waals surface area contributed by atoms with E-state index < -0.39 is 0 Å². The first-order valence-corrected chi connectivity index (χ1v) is 3.24. The molecule has 0 heterocycles. The number of benzene rings is 1. The van der Waals surface area contributed by atoms with Crippen LogP contribution in [0, 0.1) is 11.5 Å². The van der Waals surface area contributed by atoms with Crippen LogP contribution in [0.3, 0.4) is 0 Å². The summed E-state index contributed by atoms with van der Waals surface area (Å²) in [6.45, 7) is 0. The van der Waals surface area contributed by atoms with Gasteiger partial charge in [-0.15, -0.1) is 0 Å². The van der Waals surface area contributed by atoms with Crippen LogP contribution in [0.25, 0.3) is 0 Å². The van der Waals surface area contributed by atoms with E-state index in [-0.39, 0.29) is 0 Å². The number of hydrazine groups is 1. The smallest absolute Gasteiger partial charge is 0.200 e. The molecule has 5 nitrogen and oxygen atoms in total. The van der Waals surface area contributed by atoms with Gasteiger partial charge in [-0.1, -0.05) is 0 Å². The van der Waals surface area contributed by atoms with Gasteiger partial charge in [0.15, 0.2) is 6.19 Å².